The van der Waals surface area contributed by atoms with Crippen molar-refractivity contribution in [3.05, 3.63) is 42.0 Å². The quantitative estimate of drug-likeness (QED) is 0.137. The molecule has 3 aliphatic rings. The highest BCUT2D eigenvalue weighted by Gasteiger charge is 2.58. The van der Waals surface area contributed by atoms with E-state index in [-0.39, 0.29) is 78.4 Å². The zero-order valence-electron chi connectivity index (χ0n) is 17.0. The summed E-state index contributed by atoms with van der Waals surface area (Å²) in [5, 5.41) is 6.09. The Balaban J connectivity index is 0.00000272. The van der Waals surface area contributed by atoms with E-state index in [0.29, 0.717) is 19.0 Å². The summed E-state index contributed by atoms with van der Waals surface area (Å²) >= 11 is 0. The molecule has 1 aromatic rings. The number of imide groups is 1. The molecule has 1 saturated heterocycles. The molecular weight excluding hydrogens is 521 g/mol. The summed E-state index contributed by atoms with van der Waals surface area (Å²) in [6.45, 7) is 1.26. The molecule has 2 bridgehead atoms. The highest BCUT2D eigenvalue weighted by atomic mass is 127. The van der Waals surface area contributed by atoms with Gasteiger partial charge in [0.1, 0.15) is 12.4 Å². The lowest BCUT2D eigenvalue weighted by Crippen LogP contribution is -2.44. The molecule has 2 fully saturated rings. The van der Waals surface area contributed by atoms with Crippen LogP contribution < -0.4 is 15.4 Å². The molecule has 0 spiro atoms. The molecule has 4 unspecified atom stereocenters. The Bertz CT molecular complexity index is 881. The van der Waals surface area contributed by atoms with Crippen molar-refractivity contribution in [1.82, 2.24) is 15.5 Å². The number of guanidine groups is 1. The van der Waals surface area contributed by atoms with Crippen molar-refractivity contribution in [1.29, 1.82) is 0 Å². The second-order valence-electron chi connectivity index (χ2n) is 7.68. The SMILES string of the molecule is CN=C(NCCOc1ccc(F)c(F)c1)NCCN1C(=O)C2C3C=CC(C3)C2C1=O.I. The van der Waals surface area contributed by atoms with E-state index < -0.39 is 11.6 Å². The van der Waals surface area contributed by atoms with Crippen LogP contribution in [0.5, 0.6) is 5.75 Å². The third-order valence-electron chi connectivity index (χ3n) is 5.97. The number of benzene rings is 1. The number of rotatable bonds is 7. The van der Waals surface area contributed by atoms with Gasteiger partial charge < -0.3 is 15.4 Å². The van der Waals surface area contributed by atoms with Gasteiger partial charge in [0, 0.05) is 26.2 Å². The largest absolute Gasteiger partial charge is 0.492 e. The minimum absolute atomic E-state index is 0. The van der Waals surface area contributed by atoms with Crippen LogP contribution in [0.2, 0.25) is 0 Å². The first-order valence-electron chi connectivity index (χ1n) is 10.1. The van der Waals surface area contributed by atoms with Gasteiger partial charge in [-0.15, -0.1) is 24.0 Å². The van der Waals surface area contributed by atoms with Gasteiger partial charge in [0.2, 0.25) is 11.8 Å². The van der Waals surface area contributed by atoms with E-state index >= 15 is 0 Å². The molecular formula is C21H25F2IN4O3. The van der Waals surface area contributed by atoms with Crippen LogP contribution in [0.15, 0.2) is 35.3 Å². The molecule has 1 heterocycles. The van der Waals surface area contributed by atoms with Crippen LogP contribution in [-0.2, 0) is 9.59 Å². The second kappa shape index (κ2) is 9.92. The Morgan fingerprint density at radius 3 is 2.35 bits per heavy atom. The Morgan fingerprint density at radius 2 is 1.74 bits per heavy atom. The number of amides is 2. The van der Waals surface area contributed by atoms with Gasteiger partial charge in [-0.1, -0.05) is 12.2 Å². The summed E-state index contributed by atoms with van der Waals surface area (Å²) in [6, 6.07) is 3.35. The molecule has 1 aromatic carbocycles. The molecule has 0 aromatic heterocycles. The van der Waals surface area contributed by atoms with Gasteiger partial charge in [0.15, 0.2) is 17.6 Å². The van der Waals surface area contributed by atoms with Crippen molar-refractivity contribution in [3.8, 4) is 5.75 Å². The minimum atomic E-state index is -0.961. The molecule has 31 heavy (non-hydrogen) atoms. The number of carbonyl (C=O) groups excluding carboxylic acids is 2. The van der Waals surface area contributed by atoms with Crippen molar-refractivity contribution < 1.29 is 23.1 Å². The van der Waals surface area contributed by atoms with Gasteiger partial charge in [-0.05, 0) is 30.4 Å². The van der Waals surface area contributed by atoms with E-state index in [0.717, 1.165) is 18.6 Å². The molecule has 2 amide bonds. The number of likely N-dealkylation sites (tertiary alicyclic amines) is 1. The Morgan fingerprint density at radius 1 is 1.10 bits per heavy atom. The normalized spacial score (nSPS) is 26.2. The number of allylic oxidation sites excluding steroid dienone is 2. The monoisotopic (exact) mass is 546 g/mol. The van der Waals surface area contributed by atoms with Crippen molar-refractivity contribution in [2.45, 2.75) is 6.42 Å². The number of fused-ring (bicyclic) bond motifs is 5. The number of hydrogen-bond acceptors (Lipinski definition) is 4. The van der Waals surface area contributed by atoms with E-state index in [2.05, 4.69) is 27.8 Å². The lowest BCUT2D eigenvalue weighted by molar-refractivity contribution is -0.140. The van der Waals surface area contributed by atoms with Crippen LogP contribution in [0.25, 0.3) is 0 Å². The standard InChI is InChI=1S/C21H24F2N4O3.HI/c1-24-21(26-7-9-30-14-4-5-15(22)16(23)11-14)25-6-8-27-19(28)17-12-2-3-13(10-12)18(17)20(27)29;/h2-5,11-13,17-18H,6-10H2,1H3,(H2,24,25,26);1H. The van der Waals surface area contributed by atoms with Crippen molar-refractivity contribution in [2.75, 3.05) is 33.3 Å². The number of carbonyl (C=O) groups is 2. The van der Waals surface area contributed by atoms with Gasteiger partial charge in [-0.25, -0.2) is 8.78 Å². The van der Waals surface area contributed by atoms with Crippen molar-refractivity contribution >= 4 is 41.8 Å². The van der Waals surface area contributed by atoms with Gasteiger partial charge in [0.25, 0.3) is 0 Å². The highest BCUT2D eigenvalue weighted by Crippen LogP contribution is 2.52. The van der Waals surface area contributed by atoms with Crippen LogP contribution in [0.1, 0.15) is 6.42 Å². The van der Waals surface area contributed by atoms with Crippen LogP contribution in [0, 0.1) is 35.3 Å². The zero-order valence-corrected chi connectivity index (χ0v) is 19.3. The number of aliphatic imine (C=N–C) groups is 1. The van der Waals surface area contributed by atoms with E-state index in [9.17, 15) is 18.4 Å². The smallest absolute Gasteiger partial charge is 0.233 e. The van der Waals surface area contributed by atoms with Crippen LogP contribution in [-0.4, -0.2) is 56.0 Å². The lowest BCUT2D eigenvalue weighted by Gasteiger charge is -2.18. The molecule has 7 nitrogen and oxygen atoms in total. The Hall–Kier alpha value is -2.24. The fraction of sp³-hybridized carbons (Fsp3) is 0.476. The molecule has 4 atom stereocenters. The number of nitrogens with one attached hydrogen (secondary N) is 2. The number of ether oxygens (including phenoxy) is 1. The van der Waals surface area contributed by atoms with Gasteiger partial charge in [-0.2, -0.15) is 0 Å². The summed E-state index contributed by atoms with van der Waals surface area (Å²) in [5.41, 5.74) is 0. The first-order valence-corrected chi connectivity index (χ1v) is 10.1. The maximum Gasteiger partial charge on any atom is 0.233 e. The Kier molecular flexibility index (Phi) is 7.50. The molecule has 2 N–H and O–H groups in total. The number of halogens is 3. The van der Waals surface area contributed by atoms with Gasteiger partial charge >= 0.3 is 0 Å². The third-order valence-corrected chi connectivity index (χ3v) is 5.97. The average Bonchev–Trinajstić information content (AvgIpc) is 3.41. The predicted octanol–water partition coefficient (Wildman–Crippen LogP) is 1.93. The van der Waals surface area contributed by atoms with Gasteiger partial charge in [-0.3, -0.25) is 19.5 Å². The topological polar surface area (TPSA) is 83.0 Å². The molecule has 0 radical (unpaired) electrons. The molecule has 1 aliphatic heterocycles. The van der Waals surface area contributed by atoms with Crippen LogP contribution >= 0.6 is 24.0 Å². The predicted molar refractivity (Wildman–Crippen MR) is 121 cm³/mol. The lowest BCUT2D eigenvalue weighted by atomic mass is 9.85. The average molecular weight is 546 g/mol. The van der Waals surface area contributed by atoms with E-state index in [1.165, 1.54) is 11.0 Å². The zero-order chi connectivity index (χ0) is 21.3. The van der Waals surface area contributed by atoms with Crippen LogP contribution in [0.3, 0.4) is 0 Å². The van der Waals surface area contributed by atoms with Crippen molar-refractivity contribution in [2.24, 2.45) is 28.7 Å². The first kappa shape index (κ1) is 23.4. The maximum atomic E-state index is 13.2. The summed E-state index contributed by atoms with van der Waals surface area (Å²) < 4.78 is 31.4. The first-order chi connectivity index (χ1) is 14.5. The fourth-order valence-electron chi connectivity index (χ4n) is 4.60. The Labute approximate surface area is 196 Å². The van der Waals surface area contributed by atoms with Crippen LogP contribution in [0.4, 0.5) is 8.78 Å². The van der Waals surface area contributed by atoms with E-state index in [1.54, 1.807) is 7.05 Å². The third kappa shape index (κ3) is 4.68. The summed E-state index contributed by atoms with van der Waals surface area (Å²) in [7, 11) is 1.60. The van der Waals surface area contributed by atoms with Crippen molar-refractivity contribution in [3.63, 3.8) is 0 Å². The maximum absolute atomic E-state index is 13.2. The minimum Gasteiger partial charge on any atom is -0.492 e. The summed E-state index contributed by atoms with van der Waals surface area (Å²) in [5.74, 6) is -1.24. The molecule has 2 aliphatic carbocycles. The number of nitrogens with zero attached hydrogens (tertiary/aromatic N) is 2. The molecule has 1 saturated carbocycles. The summed E-state index contributed by atoms with van der Waals surface area (Å²) in [6.07, 6.45) is 5.07. The molecule has 168 valence electrons. The molecule has 10 heteroatoms. The molecule has 4 rings (SSSR count). The van der Waals surface area contributed by atoms with E-state index in [4.69, 9.17) is 4.74 Å². The van der Waals surface area contributed by atoms with E-state index in [1.807, 2.05) is 0 Å². The highest BCUT2D eigenvalue weighted by molar-refractivity contribution is 14.0. The van der Waals surface area contributed by atoms with Gasteiger partial charge in [0.05, 0.1) is 18.4 Å². The summed E-state index contributed by atoms with van der Waals surface area (Å²) in [4.78, 5) is 30.8. The fourth-order valence-corrected chi connectivity index (χ4v) is 4.60. The number of hydrogen-bond donors (Lipinski definition) is 2. The second-order valence-corrected chi connectivity index (χ2v) is 7.68.